The fourth-order valence-corrected chi connectivity index (χ4v) is 3.86. The lowest BCUT2D eigenvalue weighted by molar-refractivity contribution is 0.0751. The molecule has 1 aliphatic rings. The Hall–Kier alpha value is -3.47. The molecule has 0 fully saturated rings. The number of aromatic nitrogens is 1. The normalized spacial score (nSPS) is 13.3. The van der Waals surface area contributed by atoms with Gasteiger partial charge >= 0.3 is 6.09 Å². The molecule has 1 aromatic heterocycles. The van der Waals surface area contributed by atoms with Gasteiger partial charge in [-0.1, -0.05) is 54.6 Å². The van der Waals surface area contributed by atoms with Gasteiger partial charge in [-0.2, -0.15) is 0 Å². The molecule has 0 saturated heterocycles. The van der Waals surface area contributed by atoms with Crippen LogP contribution in [0.25, 0.3) is 11.1 Å². The summed E-state index contributed by atoms with van der Waals surface area (Å²) in [6, 6.07) is 19.2. The molecule has 0 bridgehead atoms. The highest BCUT2D eigenvalue weighted by molar-refractivity contribution is 5.99. The smallest absolute Gasteiger partial charge is 0.410 e. The third-order valence-electron chi connectivity index (χ3n) is 5.75. The standard InChI is InChI=1S/C25H24N2O3/c1-16-12-13-23(26-14-16)24(28)17(2)27(3)25(29)30-15-22-20-10-6-4-8-18(20)19-9-5-7-11-21(19)22/h4-14,17,22H,15H2,1-3H3. The number of pyridine rings is 1. The lowest BCUT2D eigenvalue weighted by Gasteiger charge is -2.24. The molecule has 5 nitrogen and oxygen atoms in total. The number of aryl methyl sites for hydroxylation is 1. The van der Waals surface area contributed by atoms with Gasteiger partial charge in [-0.3, -0.25) is 9.78 Å². The largest absolute Gasteiger partial charge is 0.448 e. The van der Waals surface area contributed by atoms with Crippen molar-refractivity contribution in [3.8, 4) is 11.1 Å². The van der Waals surface area contributed by atoms with Crippen LogP contribution >= 0.6 is 0 Å². The maximum atomic E-state index is 12.7. The molecule has 1 unspecified atom stereocenters. The van der Waals surface area contributed by atoms with Crippen LogP contribution in [0.2, 0.25) is 0 Å². The van der Waals surface area contributed by atoms with E-state index in [9.17, 15) is 9.59 Å². The van der Waals surface area contributed by atoms with Gasteiger partial charge in [0.1, 0.15) is 12.3 Å². The van der Waals surface area contributed by atoms with Crippen molar-refractivity contribution in [2.24, 2.45) is 0 Å². The predicted molar refractivity (Wildman–Crippen MR) is 116 cm³/mol. The molecule has 3 aromatic rings. The van der Waals surface area contributed by atoms with Crippen LogP contribution in [-0.2, 0) is 4.74 Å². The number of nitrogens with zero attached hydrogens (tertiary/aromatic N) is 2. The van der Waals surface area contributed by atoms with Gasteiger partial charge in [-0.25, -0.2) is 4.79 Å². The molecule has 0 aliphatic heterocycles. The summed E-state index contributed by atoms with van der Waals surface area (Å²) in [4.78, 5) is 30.9. The van der Waals surface area contributed by atoms with Gasteiger partial charge in [0, 0.05) is 19.2 Å². The van der Waals surface area contributed by atoms with Crippen LogP contribution < -0.4 is 0 Å². The molecule has 1 aliphatic carbocycles. The number of ketones is 1. The van der Waals surface area contributed by atoms with Crippen molar-refractivity contribution in [2.75, 3.05) is 13.7 Å². The predicted octanol–water partition coefficient (Wildman–Crippen LogP) is 4.84. The van der Waals surface area contributed by atoms with Crippen molar-refractivity contribution in [2.45, 2.75) is 25.8 Å². The van der Waals surface area contributed by atoms with Crippen LogP contribution in [0.15, 0.2) is 66.9 Å². The number of amides is 1. The summed E-state index contributed by atoms with van der Waals surface area (Å²) in [5, 5.41) is 0. The van der Waals surface area contributed by atoms with Crippen molar-refractivity contribution >= 4 is 11.9 Å². The number of rotatable bonds is 5. The van der Waals surface area contributed by atoms with Crippen molar-refractivity contribution in [3.05, 3.63) is 89.2 Å². The molecule has 1 atom stereocenters. The number of carbonyl (C=O) groups excluding carboxylic acids is 2. The summed E-state index contributed by atoms with van der Waals surface area (Å²) in [6.45, 7) is 3.82. The minimum atomic E-state index is -0.671. The second-order valence-electron chi connectivity index (χ2n) is 7.68. The van der Waals surface area contributed by atoms with Crippen molar-refractivity contribution in [1.82, 2.24) is 9.88 Å². The summed E-state index contributed by atoms with van der Waals surface area (Å²) in [7, 11) is 1.58. The minimum Gasteiger partial charge on any atom is -0.448 e. The van der Waals surface area contributed by atoms with E-state index in [4.69, 9.17) is 4.74 Å². The van der Waals surface area contributed by atoms with E-state index in [1.807, 2.05) is 37.3 Å². The number of likely N-dealkylation sites (N-methyl/N-ethyl adjacent to an activating group) is 1. The first kappa shape index (κ1) is 19.8. The van der Waals surface area contributed by atoms with Crippen LogP contribution in [-0.4, -0.2) is 41.5 Å². The fourth-order valence-electron chi connectivity index (χ4n) is 3.86. The molecule has 152 valence electrons. The average molecular weight is 400 g/mol. The number of benzene rings is 2. The average Bonchev–Trinajstić information content (AvgIpc) is 3.10. The summed E-state index contributed by atoms with van der Waals surface area (Å²) in [6.07, 6.45) is 1.12. The van der Waals surface area contributed by atoms with Crippen molar-refractivity contribution in [3.63, 3.8) is 0 Å². The lowest BCUT2D eigenvalue weighted by atomic mass is 9.98. The van der Waals surface area contributed by atoms with Crippen LogP contribution in [0.1, 0.15) is 40.0 Å². The molecule has 1 heterocycles. The number of Topliss-reactive ketones (excluding diaryl/α,β-unsaturated/α-hetero) is 1. The Bertz CT molecular complexity index is 1050. The zero-order valence-corrected chi connectivity index (χ0v) is 17.3. The molecule has 30 heavy (non-hydrogen) atoms. The van der Waals surface area contributed by atoms with Crippen molar-refractivity contribution < 1.29 is 14.3 Å². The maximum Gasteiger partial charge on any atom is 0.410 e. The Labute approximate surface area is 176 Å². The van der Waals surface area contributed by atoms with E-state index in [2.05, 4.69) is 29.2 Å². The van der Waals surface area contributed by atoms with Crippen LogP contribution in [0, 0.1) is 6.92 Å². The SMILES string of the molecule is Cc1ccc(C(=O)C(C)N(C)C(=O)OCC2c3ccccc3-c3ccccc32)nc1. The zero-order valence-electron chi connectivity index (χ0n) is 17.3. The first-order chi connectivity index (χ1) is 14.5. The quantitative estimate of drug-likeness (QED) is 0.575. The second-order valence-corrected chi connectivity index (χ2v) is 7.68. The molecular formula is C25H24N2O3. The van der Waals surface area contributed by atoms with E-state index < -0.39 is 12.1 Å². The number of fused-ring (bicyclic) bond motifs is 3. The summed E-state index contributed by atoms with van der Waals surface area (Å²) < 4.78 is 5.64. The Morgan fingerprint density at radius 1 is 1.00 bits per heavy atom. The Morgan fingerprint density at radius 2 is 1.60 bits per heavy atom. The fraction of sp³-hybridized carbons (Fsp3) is 0.240. The van der Waals surface area contributed by atoms with E-state index in [0.29, 0.717) is 5.69 Å². The van der Waals surface area contributed by atoms with Gasteiger partial charge in [0.25, 0.3) is 0 Å². The molecule has 1 amide bonds. The zero-order chi connectivity index (χ0) is 21.3. The number of ether oxygens (including phenoxy) is 1. The molecule has 5 heteroatoms. The first-order valence-corrected chi connectivity index (χ1v) is 10.0. The topological polar surface area (TPSA) is 59.5 Å². The molecular weight excluding hydrogens is 376 g/mol. The molecule has 4 rings (SSSR count). The van der Waals surface area contributed by atoms with E-state index in [1.165, 1.54) is 16.0 Å². The number of hydrogen-bond donors (Lipinski definition) is 0. The van der Waals surface area contributed by atoms with E-state index in [-0.39, 0.29) is 18.3 Å². The van der Waals surface area contributed by atoms with Crippen LogP contribution in [0.5, 0.6) is 0 Å². The van der Waals surface area contributed by atoms with E-state index in [0.717, 1.165) is 16.7 Å². The third kappa shape index (κ3) is 3.59. The first-order valence-electron chi connectivity index (χ1n) is 10.0. The third-order valence-corrected chi connectivity index (χ3v) is 5.75. The Kier molecular flexibility index (Phi) is 5.36. The monoisotopic (exact) mass is 400 g/mol. The number of carbonyl (C=O) groups is 2. The van der Waals surface area contributed by atoms with Crippen LogP contribution in [0.4, 0.5) is 4.79 Å². The van der Waals surface area contributed by atoms with Gasteiger partial charge in [0.05, 0.1) is 6.04 Å². The molecule has 0 saturated carbocycles. The lowest BCUT2D eigenvalue weighted by Crippen LogP contribution is -2.41. The molecule has 2 aromatic carbocycles. The minimum absolute atomic E-state index is 0.0143. The summed E-state index contributed by atoms with van der Waals surface area (Å²) in [5.41, 5.74) is 5.98. The van der Waals surface area contributed by atoms with E-state index >= 15 is 0 Å². The van der Waals surface area contributed by atoms with Gasteiger partial charge in [0.2, 0.25) is 5.78 Å². The second kappa shape index (κ2) is 8.11. The Balaban J connectivity index is 1.45. The molecule has 0 spiro atoms. The van der Waals surface area contributed by atoms with Gasteiger partial charge in [-0.15, -0.1) is 0 Å². The van der Waals surface area contributed by atoms with Crippen molar-refractivity contribution in [1.29, 1.82) is 0 Å². The summed E-state index contributed by atoms with van der Waals surface area (Å²) >= 11 is 0. The van der Waals surface area contributed by atoms with Gasteiger partial charge in [-0.05, 0) is 47.7 Å². The van der Waals surface area contributed by atoms with E-state index in [1.54, 1.807) is 26.2 Å². The summed E-state index contributed by atoms with van der Waals surface area (Å²) in [5.74, 6) is -0.231. The highest BCUT2D eigenvalue weighted by Gasteiger charge is 2.31. The maximum absolute atomic E-state index is 12.7. The Morgan fingerprint density at radius 3 is 2.17 bits per heavy atom. The van der Waals surface area contributed by atoms with Crippen LogP contribution in [0.3, 0.4) is 0 Å². The molecule has 0 radical (unpaired) electrons. The molecule has 0 N–H and O–H groups in total. The van der Waals surface area contributed by atoms with Gasteiger partial charge < -0.3 is 9.64 Å². The highest BCUT2D eigenvalue weighted by atomic mass is 16.6. The highest BCUT2D eigenvalue weighted by Crippen LogP contribution is 2.44. The van der Waals surface area contributed by atoms with Gasteiger partial charge in [0.15, 0.2) is 0 Å². The number of hydrogen-bond acceptors (Lipinski definition) is 4.